The van der Waals surface area contributed by atoms with Crippen molar-refractivity contribution in [1.29, 1.82) is 0 Å². The van der Waals surface area contributed by atoms with E-state index in [1.165, 1.54) is 25.4 Å². The Kier molecular flexibility index (Phi) is 6.42. The molecule has 3 rings (SSSR count). The molecule has 0 aliphatic heterocycles. The number of fused-ring (bicyclic) bond motifs is 1. The Bertz CT molecular complexity index is 1020. The van der Waals surface area contributed by atoms with Gasteiger partial charge in [0.05, 0.1) is 24.4 Å². The van der Waals surface area contributed by atoms with Gasteiger partial charge in [-0.05, 0) is 55.2 Å². The van der Waals surface area contributed by atoms with Crippen LogP contribution in [0.4, 0.5) is 13.2 Å². The van der Waals surface area contributed by atoms with Crippen LogP contribution < -0.4 is 14.2 Å². The van der Waals surface area contributed by atoms with Gasteiger partial charge in [-0.3, -0.25) is 0 Å². The van der Waals surface area contributed by atoms with Crippen LogP contribution in [0.1, 0.15) is 25.3 Å². The number of hydrogen-bond acceptors (Lipinski definition) is 6. The lowest BCUT2D eigenvalue weighted by atomic mass is 9.91. The second kappa shape index (κ2) is 8.69. The molecular weight excluding hydrogens is 419 g/mol. The first kappa shape index (κ1) is 22.2. The second-order valence-corrected chi connectivity index (χ2v) is 7.78. The van der Waals surface area contributed by atoms with E-state index in [-0.39, 0.29) is 6.42 Å². The van der Waals surface area contributed by atoms with Crippen LogP contribution in [0.15, 0.2) is 36.4 Å². The van der Waals surface area contributed by atoms with Crippen molar-refractivity contribution in [3.8, 4) is 22.4 Å². The van der Waals surface area contributed by atoms with Crippen molar-refractivity contribution in [2.75, 3.05) is 14.2 Å². The number of halogens is 3. The van der Waals surface area contributed by atoms with E-state index >= 15 is 0 Å². The zero-order chi connectivity index (χ0) is 21.9. The molecule has 162 valence electrons. The molecule has 1 heterocycles. The number of ether oxygens (including phenoxy) is 3. The predicted molar refractivity (Wildman–Crippen MR) is 109 cm³/mol. The summed E-state index contributed by atoms with van der Waals surface area (Å²) in [6, 6.07) is 10.4. The van der Waals surface area contributed by atoms with Gasteiger partial charge >= 0.3 is 6.18 Å². The fourth-order valence-corrected chi connectivity index (χ4v) is 3.83. The molecule has 0 amide bonds. The molecule has 0 saturated carbocycles. The number of nitrogens with zero attached hydrogens (tertiary/aromatic N) is 1. The quantitative estimate of drug-likeness (QED) is 0.483. The largest absolute Gasteiger partial charge is 0.497 e. The van der Waals surface area contributed by atoms with Crippen LogP contribution in [-0.4, -0.2) is 36.1 Å². The van der Waals surface area contributed by atoms with Crippen molar-refractivity contribution < 1.29 is 32.5 Å². The van der Waals surface area contributed by atoms with Gasteiger partial charge in [-0.2, -0.15) is 13.2 Å². The van der Waals surface area contributed by atoms with Crippen molar-refractivity contribution in [2.45, 2.75) is 38.0 Å². The average molecular weight is 441 g/mol. The van der Waals surface area contributed by atoms with Gasteiger partial charge in [-0.15, -0.1) is 0 Å². The molecule has 0 saturated heterocycles. The van der Waals surface area contributed by atoms with Crippen LogP contribution in [0.2, 0.25) is 0 Å². The van der Waals surface area contributed by atoms with Gasteiger partial charge in [0.2, 0.25) is 0 Å². The lowest BCUT2D eigenvalue weighted by Crippen LogP contribution is -2.44. The highest BCUT2D eigenvalue weighted by Crippen LogP contribution is 2.39. The highest BCUT2D eigenvalue weighted by molar-refractivity contribution is 7.20. The van der Waals surface area contributed by atoms with E-state index in [1.807, 2.05) is 12.1 Å². The molecule has 0 aliphatic carbocycles. The standard InChI is InChI=1S/C21H22F3NO4S/c1-4-20(26,21(22,23)24)10-9-13-5-8-16(17(11-13)28-3)29-19-25-15-7-6-14(27-2)12-18(15)30-19/h5-8,11-12,26H,4,9-10H2,1-3H3. The maximum Gasteiger partial charge on any atom is 0.417 e. The van der Waals surface area contributed by atoms with Gasteiger partial charge < -0.3 is 19.3 Å². The van der Waals surface area contributed by atoms with Crippen molar-refractivity contribution in [3.63, 3.8) is 0 Å². The molecule has 30 heavy (non-hydrogen) atoms. The summed E-state index contributed by atoms with van der Waals surface area (Å²) in [5.41, 5.74) is -1.35. The third kappa shape index (κ3) is 4.62. The lowest BCUT2D eigenvalue weighted by molar-refractivity contribution is -0.263. The van der Waals surface area contributed by atoms with Crippen LogP contribution in [0, 0.1) is 0 Å². The molecule has 1 aromatic heterocycles. The van der Waals surface area contributed by atoms with Crippen molar-refractivity contribution in [3.05, 3.63) is 42.0 Å². The number of thiazole rings is 1. The number of hydrogen-bond donors (Lipinski definition) is 1. The van der Waals surface area contributed by atoms with Gasteiger partial charge in [-0.25, -0.2) is 4.98 Å². The molecule has 2 aromatic carbocycles. The third-order valence-corrected chi connectivity index (χ3v) is 5.84. The Hall–Kier alpha value is -2.52. The summed E-state index contributed by atoms with van der Waals surface area (Å²) >= 11 is 1.34. The second-order valence-electron chi connectivity index (χ2n) is 6.78. The highest BCUT2D eigenvalue weighted by Gasteiger charge is 2.51. The summed E-state index contributed by atoms with van der Waals surface area (Å²) in [6.45, 7) is 1.32. The Morgan fingerprint density at radius 2 is 1.80 bits per heavy atom. The molecular formula is C21H22F3NO4S. The topological polar surface area (TPSA) is 60.8 Å². The van der Waals surface area contributed by atoms with Gasteiger partial charge in [0.1, 0.15) is 5.75 Å². The first-order valence-electron chi connectivity index (χ1n) is 9.27. The molecule has 0 fully saturated rings. The number of aromatic nitrogens is 1. The minimum absolute atomic E-state index is 0.0431. The minimum atomic E-state index is -4.68. The molecule has 5 nitrogen and oxygen atoms in total. The van der Waals surface area contributed by atoms with E-state index in [1.54, 1.807) is 31.4 Å². The summed E-state index contributed by atoms with van der Waals surface area (Å²) in [4.78, 5) is 4.42. The zero-order valence-corrected chi connectivity index (χ0v) is 17.6. The Labute approximate surface area is 176 Å². The molecule has 0 radical (unpaired) electrons. The maximum atomic E-state index is 13.1. The third-order valence-electron chi connectivity index (χ3n) is 4.94. The molecule has 9 heteroatoms. The van der Waals surface area contributed by atoms with Crippen molar-refractivity contribution >= 4 is 21.6 Å². The normalized spacial score (nSPS) is 13.8. The van der Waals surface area contributed by atoms with Crippen molar-refractivity contribution in [2.24, 2.45) is 0 Å². The summed E-state index contributed by atoms with van der Waals surface area (Å²) in [6.07, 6.45) is -5.47. The molecule has 1 atom stereocenters. The lowest BCUT2D eigenvalue weighted by Gasteiger charge is -2.29. The smallest absolute Gasteiger partial charge is 0.417 e. The molecule has 3 aromatic rings. The van der Waals surface area contributed by atoms with Gasteiger partial charge in [0.25, 0.3) is 5.19 Å². The van der Waals surface area contributed by atoms with Crippen LogP contribution in [-0.2, 0) is 6.42 Å². The predicted octanol–water partition coefficient (Wildman–Crippen LogP) is 5.74. The van der Waals surface area contributed by atoms with E-state index in [9.17, 15) is 18.3 Å². The SMILES string of the molecule is CCC(O)(CCc1ccc(Oc2nc3ccc(OC)cc3s2)c(OC)c1)C(F)(F)F. The number of aryl methyl sites for hydroxylation is 1. The Balaban J connectivity index is 1.77. The van der Waals surface area contributed by atoms with Gasteiger partial charge in [0, 0.05) is 0 Å². The first-order valence-corrected chi connectivity index (χ1v) is 10.1. The summed E-state index contributed by atoms with van der Waals surface area (Å²) < 4.78 is 56.5. The summed E-state index contributed by atoms with van der Waals surface area (Å²) in [5, 5.41) is 10.3. The number of aliphatic hydroxyl groups is 1. The average Bonchev–Trinajstić information content (AvgIpc) is 3.13. The van der Waals surface area contributed by atoms with Crippen molar-refractivity contribution in [1.82, 2.24) is 4.98 Å². The van der Waals surface area contributed by atoms with E-state index < -0.39 is 24.6 Å². The minimum Gasteiger partial charge on any atom is -0.497 e. The van der Waals surface area contributed by atoms with Gasteiger partial charge in [0.15, 0.2) is 17.1 Å². The number of alkyl halides is 3. The van der Waals surface area contributed by atoms with E-state index in [0.29, 0.717) is 28.0 Å². The summed E-state index contributed by atoms with van der Waals surface area (Å²) in [5.74, 6) is 1.48. The van der Waals surface area contributed by atoms with E-state index in [4.69, 9.17) is 14.2 Å². The summed E-state index contributed by atoms with van der Waals surface area (Å²) in [7, 11) is 3.04. The first-order chi connectivity index (χ1) is 14.2. The van der Waals surface area contributed by atoms with Gasteiger partial charge in [-0.1, -0.05) is 24.3 Å². The monoisotopic (exact) mass is 441 g/mol. The number of benzene rings is 2. The van der Waals surface area contributed by atoms with Crippen LogP contribution in [0.25, 0.3) is 10.2 Å². The molecule has 0 bridgehead atoms. The highest BCUT2D eigenvalue weighted by atomic mass is 32.1. The van der Waals surface area contributed by atoms with E-state index in [2.05, 4.69) is 4.98 Å². The van der Waals surface area contributed by atoms with Crippen LogP contribution in [0.5, 0.6) is 22.4 Å². The Morgan fingerprint density at radius 1 is 1.03 bits per heavy atom. The fraction of sp³-hybridized carbons (Fsp3) is 0.381. The fourth-order valence-electron chi connectivity index (χ4n) is 2.97. The van der Waals surface area contributed by atoms with Crippen LogP contribution >= 0.6 is 11.3 Å². The molecule has 0 spiro atoms. The molecule has 1 N–H and O–H groups in total. The van der Waals surface area contributed by atoms with Crippen LogP contribution in [0.3, 0.4) is 0 Å². The van der Waals surface area contributed by atoms with E-state index in [0.717, 1.165) is 10.2 Å². The maximum absolute atomic E-state index is 13.1. The molecule has 0 aliphatic rings. The molecule has 1 unspecified atom stereocenters. The number of methoxy groups -OCH3 is 2. The zero-order valence-electron chi connectivity index (χ0n) is 16.7. The number of rotatable bonds is 8. The Morgan fingerprint density at radius 3 is 2.43 bits per heavy atom.